The van der Waals surface area contributed by atoms with Gasteiger partial charge in [-0.05, 0) is 97.8 Å². The molecule has 6 aromatic rings. The molecule has 0 aliphatic carbocycles. The minimum Gasteiger partial charge on any atom is -0.494 e. The van der Waals surface area contributed by atoms with Crippen molar-refractivity contribution < 1.29 is 44.5 Å². The lowest BCUT2D eigenvalue weighted by molar-refractivity contribution is 0.340. The zero-order chi connectivity index (χ0) is 38.7. The average molecular weight is 803 g/mol. The van der Waals surface area contributed by atoms with Crippen LogP contribution in [0.25, 0.3) is 0 Å². The van der Waals surface area contributed by atoms with Crippen molar-refractivity contribution in [2.45, 2.75) is 30.1 Å². The van der Waals surface area contributed by atoms with Gasteiger partial charge >= 0.3 is 0 Å². The Balaban J connectivity index is 1.43. The highest BCUT2D eigenvalue weighted by Gasteiger charge is 2.34. The van der Waals surface area contributed by atoms with Gasteiger partial charge in [0.2, 0.25) is 0 Å². The predicted molar refractivity (Wildman–Crippen MR) is 212 cm³/mol. The zero-order valence-corrected chi connectivity index (χ0v) is 32.6. The summed E-state index contributed by atoms with van der Waals surface area (Å²) in [6.07, 6.45) is 0.828. The Morgan fingerprint density at radius 2 is 1.00 bits per heavy atom. The fourth-order valence-electron chi connectivity index (χ4n) is 6.06. The molecule has 10 nitrogen and oxygen atoms in total. The Kier molecular flexibility index (Phi) is 11.2. The second-order valence-corrected chi connectivity index (χ2v) is 20.5. The molecule has 2 unspecified atom stereocenters. The van der Waals surface area contributed by atoms with Gasteiger partial charge in [-0.15, -0.1) is 0 Å². The minimum absolute atomic E-state index is 0.0282. The lowest BCUT2D eigenvalue weighted by atomic mass is 10.2. The highest BCUT2D eigenvalue weighted by Crippen LogP contribution is 2.46. The number of benzene rings is 6. The molecule has 0 aliphatic heterocycles. The van der Waals surface area contributed by atoms with Crippen LogP contribution in [0.4, 0.5) is 0 Å². The SMILES string of the molecule is CCOc1ccc(P(=O)(c2cccc(S(=O)(=O)O)c2)c2ccc(Oc3ccc(P(=O)(c4ccccc4)c4ccc(CC)cc4)cc3)c(S(=O)(=O)O)c2)cc1. The Morgan fingerprint density at radius 1 is 0.519 bits per heavy atom. The first-order valence-electron chi connectivity index (χ1n) is 16.7. The summed E-state index contributed by atoms with van der Waals surface area (Å²) in [6.45, 7) is 4.20. The Morgan fingerprint density at radius 3 is 1.54 bits per heavy atom. The zero-order valence-electron chi connectivity index (χ0n) is 29.1. The molecule has 2 atom stereocenters. The van der Waals surface area contributed by atoms with Crippen LogP contribution in [0.1, 0.15) is 19.4 Å². The molecule has 14 heteroatoms. The van der Waals surface area contributed by atoms with Gasteiger partial charge in [0.15, 0.2) is 14.3 Å². The maximum atomic E-state index is 15.3. The van der Waals surface area contributed by atoms with Crippen LogP contribution in [0.5, 0.6) is 17.2 Å². The molecule has 0 spiro atoms. The average Bonchev–Trinajstić information content (AvgIpc) is 3.18. The van der Waals surface area contributed by atoms with E-state index in [1.54, 1.807) is 43.3 Å². The molecule has 2 N–H and O–H groups in total. The van der Waals surface area contributed by atoms with E-state index in [9.17, 15) is 30.5 Å². The summed E-state index contributed by atoms with van der Waals surface area (Å²) in [6, 6.07) is 37.8. The standard InChI is InChI=1S/C40H36O10P2S2/c1-3-29-13-19-33(20-14-29)51(41,32-9-6-5-7-10-32)34-23-17-31(18-24-34)50-39-26-25-37(28-40(39)54(46,47)48)52(42,35-21-15-30(16-22-35)49-4-2)36-11-8-12-38(27-36)53(43,44)45/h5-28H,3-4H2,1-2H3,(H,43,44,45)(H,46,47,48). The van der Waals surface area contributed by atoms with Gasteiger partial charge in [0.05, 0.1) is 11.5 Å². The molecule has 278 valence electrons. The summed E-state index contributed by atoms with van der Waals surface area (Å²) in [4.78, 5) is -1.22. The monoisotopic (exact) mass is 802 g/mol. The van der Waals surface area contributed by atoms with Crippen LogP contribution < -0.4 is 41.3 Å². The summed E-state index contributed by atoms with van der Waals surface area (Å²) < 4.78 is 112. The van der Waals surface area contributed by atoms with Crippen LogP contribution in [0.3, 0.4) is 0 Å². The summed E-state index contributed by atoms with van der Waals surface area (Å²) in [5.74, 6) is 0.343. The molecule has 6 aromatic carbocycles. The van der Waals surface area contributed by atoms with E-state index < -0.39 is 44.3 Å². The van der Waals surface area contributed by atoms with Gasteiger partial charge in [-0.2, -0.15) is 16.8 Å². The highest BCUT2D eigenvalue weighted by molar-refractivity contribution is 7.87. The highest BCUT2D eigenvalue weighted by atomic mass is 32.2. The molecule has 54 heavy (non-hydrogen) atoms. The first-order valence-corrected chi connectivity index (χ1v) is 23.0. The minimum atomic E-state index is -5.00. The number of ether oxygens (including phenoxy) is 2. The molecule has 6 rings (SSSR count). The van der Waals surface area contributed by atoms with Gasteiger partial charge in [-0.25, -0.2) is 0 Å². The van der Waals surface area contributed by atoms with E-state index in [1.807, 2.05) is 61.5 Å². The van der Waals surface area contributed by atoms with Gasteiger partial charge in [-0.1, -0.05) is 73.7 Å². The van der Waals surface area contributed by atoms with Crippen molar-refractivity contribution in [3.63, 3.8) is 0 Å². The molecule has 0 aromatic heterocycles. The number of rotatable bonds is 13. The number of aryl methyl sites for hydroxylation is 1. The second-order valence-electron chi connectivity index (χ2n) is 12.2. The Labute approximate surface area is 314 Å². The summed E-state index contributed by atoms with van der Waals surface area (Å²) in [5, 5.41) is 1.87. The second kappa shape index (κ2) is 15.5. The normalized spacial score (nSPS) is 14.1. The van der Waals surface area contributed by atoms with Crippen LogP contribution in [-0.4, -0.2) is 32.5 Å². The first kappa shape index (κ1) is 38.9. The maximum Gasteiger partial charge on any atom is 0.298 e. The van der Waals surface area contributed by atoms with Crippen LogP contribution in [0.15, 0.2) is 155 Å². The Hall–Kier alpha value is -4.80. The molecule has 0 amide bonds. The van der Waals surface area contributed by atoms with Crippen molar-refractivity contribution in [1.29, 1.82) is 0 Å². The first-order chi connectivity index (χ1) is 25.7. The van der Waals surface area contributed by atoms with Crippen molar-refractivity contribution >= 4 is 66.3 Å². The molecule has 0 radical (unpaired) electrons. The van der Waals surface area contributed by atoms with E-state index in [2.05, 4.69) is 0 Å². The van der Waals surface area contributed by atoms with E-state index >= 15 is 4.57 Å². The maximum absolute atomic E-state index is 15.3. The molecule has 0 saturated carbocycles. The lowest BCUT2D eigenvalue weighted by Gasteiger charge is -2.22. The van der Waals surface area contributed by atoms with Gasteiger partial charge in [0, 0.05) is 31.8 Å². The van der Waals surface area contributed by atoms with E-state index in [0.29, 0.717) is 28.3 Å². The molecule has 0 heterocycles. The third kappa shape index (κ3) is 7.86. The molecule has 0 saturated heterocycles. The van der Waals surface area contributed by atoms with Crippen molar-refractivity contribution in [3.8, 4) is 17.2 Å². The predicted octanol–water partition coefficient (Wildman–Crippen LogP) is 6.21. The molecular formula is C40H36O10P2S2. The largest absolute Gasteiger partial charge is 0.494 e. The fraction of sp³-hybridized carbons (Fsp3) is 0.100. The molecule has 0 aliphatic rings. The van der Waals surface area contributed by atoms with Crippen molar-refractivity contribution in [3.05, 3.63) is 151 Å². The van der Waals surface area contributed by atoms with Gasteiger partial charge < -0.3 is 18.6 Å². The Bertz CT molecular complexity index is 2610. The van der Waals surface area contributed by atoms with Gasteiger partial charge in [0.1, 0.15) is 22.1 Å². The van der Waals surface area contributed by atoms with Crippen LogP contribution in [0.2, 0.25) is 0 Å². The number of hydrogen-bond acceptors (Lipinski definition) is 8. The van der Waals surface area contributed by atoms with Crippen molar-refractivity contribution in [2.24, 2.45) is 0 Å². The quantitative estimate of drug-likeness (QED) is 0.102. The number of hydrogen-bond donors (Lipinski definition) is 2. The molecule has 0 bridgehead atoms. The smallest absolute Gasteiger partial charge is 0.298 e. The summed E-state index contributed by atoms with van der Waals surface area (Å²) >= 11 is 0. The van der Waals surface area contributed by atoms with E-state index in [4.69, 9.17) is 9.47 Å². The van der Waals surface area contributed by atoms with Crippen LogP contribution >= 0.6 is 14.3 Å². The van der Waals surface area contributed by atoms with Gasteiger partial charge in [0.25, 0.3) is 20.2 Å². The third-order valence-corrected chi connectivity index (χ3v) is 16.7. The van der Waals surface area contributed by atoms with Crippen molar-refractivity contribution in [2.75, 3.05) is 6.61 Å². The van der Waals surface area contributed by atoms with Crippen molar-refractivity contribution in [1.82, 2.24) is 0 Å². The van der Waals surface area contributed by atoms with Crippen LogP contribution in [0, 0.1) is 0 Å². The van der Waals surface area contributed by atoms with E-state index in [-0.39, 0.29) is 27.4 Å². The lowest BCUT2D eigenvalue weighted by Crippen LogP contribution is -2.26. The third-order valence-electron chi connectivity index (χ3n) is 8.82. The van der Waals surface area contributed by atoms with E-state index in [0.717, 1.165) is 30.2 Å². The fourth-order valence-corrected chi connectivity index (χ4v) is 12.7. The topological polar surface area (TPSA) is 161 Å². The molecule has 0 fully saturated rings. The van der Waals surface area contributed by atoms with E-state index in [1.165, 1.54) is 36.4 Å². The summed E-state index contributed by atoms with van der Waals surface area (Å²) in [5.41, 5.74) is 1.10. The molecular weight excluding hydrogens is 767 g/mol. The summed E-state index contributed by atoms with van der Waals surface area (Å²) in [7, 11) is -17.1. The van der Waals surface area contributed by atoms with Crippen LogP contribution in [-0.2, 0) is 35.8 Å². The van der Waals surface area contributed by atoms with Gasteiger partial charge in [-0.3, -0.25) is 9.11 Å².